The van der Waals surface area contributed by atoms with Gasteiger partial charge in [-0.25, -0.2) is 14.2 Å². The first-order valence-corrected chi connectivity index (χ1v) is 8.01. The summed E-state index contributed by atoms with van der Waals surface area (Å²) in [5.41, 5.74) is 0.436. The van der Waals surface area contributed by atoms with Crippen LogP contribution >= 0.6 is 0 Å². The van der Waals surface area contributed by atoms with Gasteiger partial charge >= 0.3 is 6.03 Å². The Labute approximate surface area is 139 Å². The van der Waals surface area contributed by atoms with Crippen LogP contribution in [0, 0.1) is 5.82 Å². The maximum absolute atomic E-state index is 13.5. The van der Waals surface area contributed by atoms with Crippen LogP contribution in [0.1, 0.15) is 44.5 Å². The molecule has 3 rings (SSSR count). The first-order valence-electron chi connectivity index (χ1n) is 8.01. The van der Waals surface area contributed by atoms with Gasteiger partial charge in [0.05, 0.1) is 17.8 Å². The zero-order valence-corrected chi connectivity index (χ0v) is 13.4. The summed E-state index contributed by atoms with van der Waals surface area (Å²) in [5.74, 6) is 0.500. The fourth-order valence-corrected chi connectivity index (χ4v) is 2.73. The molecule has 128 valence electrons. The number of benzene rings is 1. The van der Waals surface area contributed by atoms with E-state index in [9.17, 15) is 9.18 Å². The molecule has 0 radical (unpaired) electrons. The van der Waals surface area contributed by atoms with E-state index in [1.54, 1.807) is 6.92 Å². The van der Waals surface area contributed by atoms with E-state index in [-0.39, 0.29) is 12.1 Å². The Morgan fingerprint density at radius 1 is 1.42 bits per heavy atom. The number of rotatable bonds is 5. The topological polar surface area (TPSA) is 91.9 Å². The molecule has 24 heavy (non-hydrogen) atoms. The predicted molar refractivity (Wildman–Crippen MR) is 86.2 cm³/mol. The van der Waals surface area contributed by atoms with Gasteiger partial charge in [0.15, 0.2) is 0 Å². The van der Waals surface area contributed by atoms with E-state index < -0.39 is 11.8 Å². The van der Waals surface area contributed by atoms with Crippen LogP contribution < -0.4 is 15.4 Å². The number of nitrogens with one attached hydrogen (secondary N) is 3. The third-order valence-electron chi connectivity index (χ3n) is 3.98. The highest BCUT2D eigenvalue weighted by atomic mass is 19.1. The minimum Gasteiger partial charge on any atom is -0.488 e. The molecule has 2 amide bonds. The quantitative estimate of drug-likeness (QED) is 0.784. The third-order valence-corrected chi connectivity index (χ3v) is 3.98. The number of aromatic nitrogens is 3. The largest absolute Gasteiger partial charge is 0.488 e. The summed E-state index contributed by atoms with van der Waals surface area (Å²) in [7, 11) is 0. The van der Waals surface area contributed by atoms with E-state index in [4.69, 9.17) is 4.74 Å². The van der Waals surface area contributed by atoms with Crippen LogP contribution in [0.2, 0.25) is 0 Å². The van der Waals surface area contributed by atoms with Crippen molar-refractivity contribution in [3.8, 4) is 5.75 Å². The van der Waals surface area contributed by atoms with Crippen molar-refractivity contribution in [1.82, 2.24) is 20.5 Å². The molecule has 8 heteroatoms. The van der Waals surface area contributed by atoms with E-state index in [1.807, 2.05) is 0 Å². The number of urea groups is 1. The molecule has 1 saturated carbocycles. The molecule has 7 nitrogen and oxygen atoms in total. The van der Waals surface area contributed by atoms with E-state index in [1.165, 1.54) is 24.5 Å². The number of H-pyrrole nitrogens is 1. The number of carbonyl (C=O) groups is 1. The van der Waals surface area contributed by atoms with Crippen molar-refractivity contribution in [2.75, 3.05) is 5.32 Å². The first-order chi connectivity index (χ1) is 11.6. The summed E-state index contributed by atoms with van der Waals surface area (Å²) in [6, 6.07) is 3.32. The monoisotopic (exact) mass is 333 g/mol. The van der Waals surface area contributed by atoms with Crippen molar-refractivity contribution in [2.45, 2.75) is 44.8 Å². The van der Waals surface area contributed by atoms with Crippen LogP contribution in [0.25, 0.3) is 0 Å². The normalized spacial score (nSPS) is 15.9. The summed E-state index contributed by atoms with van der Waals surface area (Å²) in [4.78, 5) is 16.1. The maximum Gasteiger partial charge on any atom is 0.319 e. The number of halogens is 1. The zero-order chi connectivity index (χ0) is 16.9. The van der Waals surface area contributed by atoms with Crippen LogP contribution in [0.4, 0.5) is 14.9 Å². The number of carbonyl (C=O) groups excluding carboxylic acids is 1. The highest BCUT2D eigenvalue weighted by molar-refractivity contribution is 5.91. The molecule has 1 aliphatic rings. The SMILES string of the molecule is CC(NC(=O)Nc1ccc(F)cc1OC1CCCC1)c1ncn[nH]1. The Morgan fingerprint density at radius 2 is 2.21 bits per heavy atom. The molecule has 1 heterocycles. The molecule has 0 bridgehead atoms. The van der Waals surface area contributed by atoms with Crippen LogP contribution in [-0.2, 0) is 0 Å². The number of nitrogens with zero attached hydrogens (tertiary/aromatic N) is 2. The molecule has 1 unspecified atom stereocenters. The van der Waals surface area contributed by atoms with Gasteiger partial charge in [0.25, 0.3) is 0 Å². The summed E-state index contributed by atoms with van der Waals surface area (Å²) < 4.78 is 19.4. The average molecular weight is 333 g/mol. The molecular formula is C16H20FN5O2. The minimum atomic E-state index is -0.429. The van der Waals surface area contributed by atoms with Gasteiger partial charge in [0.2, 0.25) is 0 Å². The lowest BCUT2D eigenvalue weighted by molar-refractivity contribution is 0.210. The van der Waals surface area contributed by atoms with Gasteiger partial charge < -0.3 is 15.4 Å². The summed E-state index contributed by atoms with van der Waals surface area (Å²) >= 11 is 0. The molecule has 0 saturated heterocycles. The van der Waals surface area contributed by atoms with Crippen molar-refractivity contribution >= 4 is 11.7 Å². The number of hydrogen-bond donors (Lipinski definition) is 3. The Balaban J connectivity index is 1.66. The second-order valence-corrected chi connectivity index (χ2v) is 5.86. The second-order valence-electron chi connectivity index (χ2n) is 5.86. The zero-order valence-electron chi connectivity index (χ0n) is 13.4. The van der Waals surface area contributed by atoms with Crippen molar-refractivity contribution in [2.24, 2.45) is 0 Å². The van der Waals surface area contributed by atoms with Gasteiger partial charge in [0, 0.05) is 6.07 Å². The number of anilines is 1. The van der Waals surface area contributed by atoms with Gasteiger partial charge in [-0.15, -0.1) is 0 Å². The summed E-state index contributed by atoms with van der Waals surface area (Å²) in [6.07, 6.45) is 5.56. The third kappa shape index (κ3) is 4.01. The van der Waals surface area contributed by atoms with Crippen LogP contribution in [0.3, 0.4) is 0 Å². The molecule has 2 aromatic rings. The van der Waals surface area contributed by atoms with Crippen molar-refractivity contribution in [3.05, 3.63) is 36.2 Å². The van der Waals surface area contributed by atoms with Crippen molar-refractivity contribution < 1.29 is 13.9 Å². The molecule has 1 aromatic heterocycles. The lowest BCUT2D eigenvalue weighted by Crippen LogP contribution is -2.32. The first kappa shape index (κ1) is 16.2. The number of amides is 2. The highest BCUT2D eigenvalue weighted by Crippen LogP contribution is 2.30. The van der Waals surface area contributed by atoms with Gasteiger partial charge in [-0.1, -0.05) is 0 Å². The number of aromatic amines is 1. The van der Waals surface area contributed by atoms with Gasteiger partial charge in [0.1, 0.15) is 23.7 Å². The summed E-state index contributed by atoms with van der Waals surface area (Å²) in [5, 5.41) is 11.9. The maximum atomic E-state index is 13.5. The molecule has 1 aliphatic carbocycles. The Morgan fingerprint density at radius 3 is 2.92 bits per heavy atom. The van der Waals surface area contributed by atoms with Gasteiger partial charge in [-0.05, 0) is 44.7 Å². The summed E-state index contributed by atoms with van der Waals surface area (Å²) in [6.45, 7) is 1.78. The molecule has 3 N–H and O–H groups in total. The Hall–Kier alpha value is -2.64. The predicted octanol–water partition coefficient (Wildman–Crippen LogP) is 3.15. The fourth-order valence-electron chi connectivity index (χ4n) is 2.73. The fraction of sp³-hybridized carbons (Fsp3) is 0.438. The Kier molecular flexibility index (Phi) is 4.93. The molecule has 1 fully saturated rings. The molecule has 0 spiro atoms. The highest BCUT2D eigenvalue weighted by Gasteiger charge is 2.19. The minimum absolute atomic E-state index is 0.0727. The smallest absolute Gasteiger partial charge is 0.319 e. The average Bonchev–Trinajstić information content (AvgIpc) is 3.23. The van der Waals surface area contributed by atoms with Crippen LogP contribution in [-0.4, -0.2) is 27.3 Å². The molecule has 1 aromatic carbocycles. The van der Waals surface area contributed by atoms with E-state index in [0.29, 0.717) is 17.3 Å². The molecule has 1 atom stereocenters. The number of ether oxygens (including phenoxy) is 1. The standard InChI is InChI=1S/C16H20FN5O2/c1-10(15-18-9-19-22-15)20-16(23)21-13-7-6-11(17)8-14(13)24-12-4-2-3-5-12/h6-10,12H,2-5H2,1H3,(H,18,19,22)(H2,20,21,23). The van der Waals surface area contributed by atoms with E-state index in [2.05, 4.69) is 25.8 Å². The molecule has 0 aliphatic heterocycles. The lowest BCUT2D eigenvalue weighted by atomic mass is 10.2. The van der Waals surface area contributed by atoms with Crippen molar-refractivity contribution in [3.63, 3.8) is 0 Å². The Bertz CT molecular complexity index is 686. The van der Waals surface area contributed by atoms with Gasteiger partial charge in [-0.3, -0.25) is 5.10 Å². The van der Waals surface area contributed by atoms with E-state index in [0.717, 1.165) is 25.7 Å². The molecular weight excluding hydrogens is 313 g/mol. The van der Waals surface area contributed by atoms with Gasteiger partial charge in [-0.2, -0.15) is 5.10 Å². The van der Waals surface area contributed by atoms with Crippen LogP contribution in [0.15, 0.2) is 24.5 Å². The number of hydrogen-bond acceptors (Lipinski definition) is 4. The lowest BCUT2D eigenvalue weighted by Gasteiger charge is -2.18. The van der Waals surface area contributed by atoms with Crippen LogP contribution in [0.5, 0.6) is 5.75 Å². The van der Waals surface area contributed by atoms with E-state index >= 15 is 0 Å². The van der Waals surface area contributed by atoms with Crippen molar-refractivity contribution in [1.29, 1.82) is 0 Å². The second kappa shape index (κ2) is 7.29.